The van der Waals surface area contributed by atoms with Gasteiger partial charge in [0, 0.05) is 24.1 Å². The number of hydrogen-bond donors (Lipinski definition) is 2. The van der Waals surface area contributed by atoms with Gasteiger partial charge in [-0.3, -0.25) is 9.89 Å². The number of fused-ring (bicyclic) bond motifs is 1. The molecular weight excluding hydrogens is 242 g/mol. The number of benzene rings is 1. The smallest absolute Gasteiger partial charge is 0.256 e. The summed E-state index contributed by atoms with van der Waals surface area (Å²) in [4.78, 5) is 21.1. The van der Waals surface area contributed by atoms with Crippen LogP contribution >= 0.6 is 0 Å². The number of H-pyrrole nitrogens is 2. The van der Waals surface area contributed by atoms with Crippen molar-refractivity contribution in [3.63, 3.8) is 0 Å². The third-order valence-electron chi connectivity index (χ3n) is 3.02. The van der Waals surface area contributed by atoms with Crippen LogP contribution in [0, 0.1) is 0 Å². The van der Waals surface area contributed by atoms with Crippen molar-refractivity contribution in [3.8, 4) is 0 Å². The highest BCUT2D eigenvalue weighted by molar-refractivity contribution is 6.06. The Kier molecular flexibility index (Phi) is 2.75. The molecule has 0 saturated heterocycles. The maximum absolute atomic E-state index is 12.4. The van der Waals surface area contributed by atoms with Crippen molar-refractivity contribution >= 4 is 16.8 Å². The van der Waals surface area contributed by atoms with Gasteiger partial charge in [-0.1, -0.05) is 18.2 Å². The normalized spacial score (nSPS) is 10.8. The van der Waals surface area contributed by atoms with Gasteiger partial charge in [0.25, 0.3) is 5.91 Å². The van der Waals surface area contributed by atoms with Gasteiger partial charge in [0.1, 0.15) is 12.2 Å². The Labute approximate surface area is 109 Å². The summed E-state index contributed by atoms with van der Waals surface area (Å²) in [5.74, 6) is 0.615. The van der Waals surface area contributed by atoms with Crippen molar-refractivity contribution in [2.24, 2.45) is 0 Å². The van der Waals surface area contributed by atoms with Gasteiger partial charge in [0.15, 0.2) is 0 Å². The minimum Gasteiger partial charge on any atom is -0.360 e. The first kappa shape index (κ1) is 11.5. The number of nitrogens with zero attached hydrogens (tertiary/aromatic N) is 3. The molecule has 3 rings (SSSR count). The summed E-state index contributed by atoms with van der Waals surface area (Å²) in [6.07, 6.45) is 3.17. The van der Waals surface area contributed by atoms with E-state index in [-0.39, 0.29) is 5.91 Å². The van der Waals surface area contributed by atoms with Gasteiger partial charge < -0.3 is 9.88 Å². The zero-order valence-electron chi connectivity index (χ0n) is 10.4. The molecule has 0 aliphatic carbocycles. The molecular formula is C13H13N5O. The molecule has 6 heteroatoms. The van der Waals surface area contributed by atoms with E-state index in [0.29, 0.717) is 17.9 Å². The van der Waals surface area contributed by atoms with Gasteiger partial charge in [0.2, 0.25) is 0 Å². The highest BCUT2D eigenvalue weighted by Gasteiger charge is 2.16. The van der Waals surface area contributed by atoms with Crippen LogP contribution in [0.2, 0.25) is 0 Å². The first-order valence-corrected chi connectivity index (χ1v) is 5.91. The zero-order valence-corrected chi connectivity index (χ0v) is 10.4. The Hall–Kier alpha value is -2.63. The van der Waals surface area contributed by atoms with Crippen LogP contribution in [0.15, 0.2) is 36.8 Å². The Morgan fingerprint density at radius 1 is 1.37 bits per heavy atom. The monoisotopic (exact) mass is 255 g/mol. The number of amides is 1. The van der Waals surface area contributed by atoms with E-state index in [1.807, 2.05) is 24.3 Å². The molecule has 2 N–H and O–H groups in total. The molecule has 1 aromatic carbocycles. The quantitative estimate of drug-likeness (QED) is 0.745. The van der Waals surface area contributed by atoms with Crippen molar-refractivity contribution in [2.45, 2.75) is 6.54 Å². The standard InChI is InChI=1S/C13H13N5O/c1-18(7-12-15-8-16-17-12)13(19)10-6-14-11-5-3-2-4-9(10)11/h2-6,8,14H,7H2,1H3,(H,15,16,17). The number of aromatic nitrogens is 4. The van der Waals surface area contributed by atoms with Crippen LogP contribution in [0.4, 0.5) is 0 Å². The molecule has 0 spiro atoms. The first-order chi connectivity index (χ1) is 9.25. The summed E-state index contributed by atoms with van der Waals surface area (Å²) < 4.78 is 0. The van der Waals surface area contributed by atoms with E-state index in [1.54, 1.807) is 18.1 Å². The van der Waals surface area contributed by atoms with E-state index in [4.69, 9.17) is 0 Å². The number of carbonyl (C=O) groups is 1. The molecule has 0 saturated carbocycles. The predicted octanol–water partition coefficient (Wildman–Crippen LogP) is 1.56. The minimum absolute atomic E-state index is 0.0474. The van der Waals surface area contributed by atoms with E-state index >= 15 is 0 Å². The number of hydrogen-bond acceptors (Lipinski definition) is 3. The fourth-order valence-electron chi connectivity index (χ4n) is 2.06. The van der Waals surface area contributed by atoms with E-state index < -0.39 is 0 Å². The van der Waals surface area contributed by atoms with Crippen molar-refractivity contribution in [2.75, 3.05) is 7.05 Å². The Bertz CT molecular complexity index is 701. The van der Waals surface area contributed by atoms with E-state index in [1.165, 1.54) is 6.33 Å². The molecule has 2 heterocycles. The zero-order chi connectivity index (χ0) is 13.2. The Balaban J connectivity index is 1.87. The van der Waals surface area contributed by atoms with Gasteiger partial charge in [-0.15, -0.1) is 0 Å². The van der Waals surface area contributed by atoms with E-state index in [2.05, 4.69) is 20.2 Å². The summed E-state index contributed by atoms with van der Waals surface area (Å²) in [6.45, 7) is 0.401. The average molecular weight is 255 g/mol. The van der Waals surface area contributed by atoms with Crippen molar-refractivity contribution in [1.29, 1.82) is 0 Å². The molecule has 0 bridgehead atoms. The van der Waals surface area contributed by atoms with Gasteiger partial charge in [-0.25, -0.2) is 4.98 Å². The fraction of sp³-hybridized carbons (Fsp3) is 0.154. The lowest BCUT2D eigenvalue weighted by Gasteiger charge is -2.14. The lowest BCUT2D eigenvalue weighted by atomic mass is 10.1. The summed E-state index contributed by atoms with van der Waals surface area (Å²) in [5, 5.41) is 7.44. The summed E-state index contributed by atoms with van der Waals surface area (Å²) in [7, 11) is 1.74. The topological polar surface area (TPSA) is 77.7 Å². The van der Waals surface area contributed by atoms with Crippen LogP contribution in [0.5, 0.6) is 0 Å². The third kappa shape index (κ3) is 2.08. The largest absolute Gasteiger partial charge is 0.360 e. The summed E-state index contributed by atoms with van der Waals surface area (Å²) in [5.41, 5.74) is 1.62. The lowest BCUT2D eigenvalue weighted by Crippen LogP contribution is -2.26. The second-order valence-electron chi connectivity index (χ2n) is 4.34. The fourth-order valence-corrected chi connectivity index (χ4v) is 2.06. The van der Waals surface area contributed by atoms with Crippen LogP contribution in [0.3, 0.4) is 0 Å². The number of para-hydroxylation sites is 1. The maximum Gasteiger partial charge on any atom is 0.256 e. The van der Waals surface area contributed by atoms with Crippen molar-refractivity contribution < 1.29 is 4.79 Å². The molecule has 0 radical (unpaired) electrons. The van der Waals surface area contributed by atoms with Crippen LogP contribution < -0.4 is 0 Å². The highest BCUT2D eigenvalue weighted by atomic mass is 16.2. The van der Waals surface area contributed by atoms with Crippen LogP contribution in [-0.2, 0) is 6.54 Å². The van der Waals surface area contributed by atoms with Crippen LogP contribution in [0.25, 0.3) is 10.9 Å². The number of rotatable bonds is 3. The highest BCUT2D eigenvalue weighted by Crippen LogP contribution is 2.19. The molecule has 1 amide bonds. The van der Waals surface area contributed by atoms with Gasteiger partial charge in [-0.2, -0.15) is 5.10 Å². The summed E-state index contributed by atoms with van der Waals surface area (Å²) in [6, 6.07) is 7.73. The van der Waals surface area contributed by atoms with Crippen LogP contribution in [0.1, 0.15) is 16.2 Å². The lowest BCUT2D eigenvalue weighted by molar-refractivity contribution is 0.0783. The molecule has 3 aromatic rings. The second-order valence-corrected chi connectivity index (χ2v) is 4.34. The van der Waals surface area contributed by atoms with Crippen LogP contribution in [-0.4, -0.2) is 38.0 Å². The molecule has 0 aliphatic heterocycles. The number of carbonyl (C=O) groups excluding carboxylic acids is 1. The summed E-state index contributed by atoms with van der Waals surface area (Å²) >= 11 is 0. The van der Waals surface area contributed by atoms with Crippen molar-refractivity contribution in [1.82, 2.24) is 25.1 Å². The number of nitrogens with one attached hydrogen (secondary N) is 2. The maximum atomic E-state index is 12.4. The molecule has 96 valence electrons. The van der Waals surface area contributed by atoms with Gasteiger partial charge in [0.05, 0.1) is 12.1 Å². The molecule has 2 aromatic heterocycles. The molecule has 0 unspecified atom stereocenters. The molecule has 6 nitrogen and oxygen atoms in total. The van der Waals surface area contributed by atoms with Gasteiger partial charge in [-0.05, 0) is 6.07 Å². The second kappa shape index (κ2) is 4.56. The Morgan fingerprint density at radius 2 is 2.21 bits per heavy atom. The third-order valence-corrected chi connectivity index (χ3v) is 3.02. The first-order valence-electron chi connectivity index (χ1n) is 5.91. The minimum atomic E-state index is -0.0474. The number of aromatic amines is 2. The molecule has 0 fully saturated rings. The average Bonchev–Trinajstić information content (AvgIpc) is 3.06. The predicted molar refractivity (Wildman–Crippen MR) is 70.5 cm³/mol. The van der Waals surface area contributed by atoms with Gasteiger partial charge >= 0.3 is 0 Å². The van der Waals surface area contributed by atoms with Crippen molar-refractivity contribution in [3.05, 3.63) is 48.2 Å². The Morgan fingerprint density at radius 3 is 3.00 bits per heavy atom. The van der Waals surface area contributed by atoms with E-state index in [9.17, 15) is 4.79 Å². The SMILES string of the molecule is CN(Cc1ncn[nH]1)C(=O)c1c[nH]c2ccccc12. The van der Waals surface area contributed by atoms with E-state index in [0.717, 1.165) is 10.9 Å². The molecule has 0 atom stereocenters. The molecule has 19 heavy (non-hydrogen) atoms. The molecule has 0 aliphatic rings.